The van der Waals surface area contributed by atoms with Crippen molar-refractivity contribution in [1.82, 2.24) is 5.32 Å². The zero-order valence-electron chi connectivity index (χ0n) is 13.4. The van der Waals surface area contributed by atoms with E-state index in [0.717, 1.165) is 31.1 Å². The highest BCUT2D eigenvalue weighted by atomic mass is 16.3. The highest BCUT2D eigenvalue weighted by molar-refractivity contribution is 5.77. The average Bonchev–Trinajstić information content (AvgIpc) is 2.76. The number of aliphatic hydroxyl groups excluding tert-OH is 1. The Morgan fingerprint density at radius 2 is 1.76 bits per heavy atom. The Bertz CT molecular complexity index is 464. The topological polar surface area (TPSA) is 49.3 Å². The lowest BCUT2D eigenvalue weighted by Gasteiger charge is -2.59. The fourth-order valence-corrected chi connectivity index (χ4v) is 6.67. The summed E-state index contributed by atoms with van der Waals surface area (Å²) in [4.78, 5) is 11.8. The van der Waals surface area contributed by atoms with E-state index in [1.54, 1.807) is 0 Å². The van der Waals surface area contributed by atoms with E-state index >= 15 is 0 Å². The van der Waals surface area contributed by atoms with Gasteiger partial charge in [-0.15, -0.1) is 0 Å². The number of rotatable bonds is 0. The summed E-state index contributed by atoms with van der Waals surface area (Å²) in [6, 6.07) is 0.399. The van der Waals surface area contributed by atoms with Crippen molar-refractivity contribution in [2.45, 2.75) is 77.4 Å². The van der Waals surface area contributed by atoms with Crippen molar-refractivity contribution in [3.05, 3.63) is 0 Å². The van der Waals surface area contributed by atoms with Crippen molar-refractivity contribution in [3.8, 4) is 0 Å². The minimum atomic E-state index is -0.0833. The van der Waals surface area contributed by atoms with Crippen LogP contribution in [0.25, 0.3) is 0 Å². The molecule has 0 spiro atoms. The van der Waals surface area contributed by atoms with Crippen molar-refractivity contribution in [2.24, 2.45) is 28.6 Å². The van der Waals surface area contributed by atoms with E-state index in [1.165, 1.54) is 25.7 Å². The summed E-state index contributed by atoms with van der Waals surface area (Å²) in [7, 11) is 0. The number of nitrogens with one attached hydrogen (secondary N) is 1. The van der Waals surface area contributed by atoms with Crippen LogP contribution < -0.4 is 5.32 Å². The van der Waals surface area contributed by atoms with Gasteiger partial charge in [0.25, 0.3) is 0 Å². The second-order valence-corrected chi connectivity index (χ2v) is 8.72. The first kappa shape index (κ1) is 14.0. The largest absolute Gasteiger partial charge is 0.393 e. The average molecular weight is 291 g/mol. The Balaban J connectivity index is 1.64. The zero-order valence-corrected chi connectivity index (χ0v) is 13.4. The van der Waals surface area contributed by atoms with E-state index in [0.29, 0.717) is 23.8 Å². The van der Waals surface area contributed by atoms with Gasteiger partial charge < -0.3 is 10.4 Å². The maximum atomic E-state index is 11.8. The van der Waals surface area contributed by atoms with Gasteiger partial charge in [0.2, 0.25) is 5.91 Å². The summed E-state index contributed by atoms with van der Waals surface area (Å²) >= 11 is 0. The Morgan fingerprint density at radius 1 is 1.00 bits per heavy atom. The smallest absolute Gasteiger partial charge is 0.220 e. The van der Waals surface area contributed by atoms with Crippen LogP contribution in [0, 0.1) is 28.6 Å². The summed E-state index contributed by atoms with van der Waals surface area (Å²) < 4.78 is 0. The number of aliphatic hydroxyl groups is 1. The van der Waals surface area contributed by atoms with E-state index in [9.17, 15) is 9.90 Å². The van der Waals surface area contributed by atoms with Crippen molar-refractivity contribution >= 4 is 5.91 Å². The lowest BCUT2D eigenvalue weighted by atomic mass is 9.47. The fourth-order valence-electron chi connectivity index (χ4n) is 6.67. The molecule has 7 atom stereocenters. The number of hydrogen-bond donors (Lipinski definition) is 2. The standard InChI is InChI=1S/C18H29NO2/c1-17-10-8-16(21)19-14(17)5-3-11-12-4-6-15(20)18(12,2)9-7-13(11)17/h11-15,20H,3-10H2,1-2H3,(H,19,21)/t11?,12?,13?,14?,15-,17?,18?/m0/s1. The van der Waals surface area contributed by atoms with E-state index in [1.807, 2.05) is 0 Å². The molecule has 1 amide bonds. The van der Waals surface area contributed by atoms with Gasteiger partial charge in [0.05, 0.1) is 6.10 Å². The van der Waals surface area contributed by atoms with Gasteiger partial charge >= 0.3 is 0 Å². The second kappa shape index (κ2) is 4.47. The van der Waals surface area contributed by atoms with Gasteiger partial charge in [-0.25, -0.2) is 0 Å². The van der Waals surface area contributed by atoms with E-state index in [2.05, 4.69) is 19.2 Å². The summed E-state index contributed by atoms with van der Waals surface area (Å²) in [5.41, 5.74) is 0.466. The summed E-state index contributed by atoms with van der Waals surface area (Å²) in [6.07, 6.45) is 8.72. The number of carbonyl (C=O) groups excluding carboxylic acids is 1. The van der Waals surface area contributed by atoms with Crippen LogP contribution in [-0.2, 0) is 4.79 Å². The summed E-state index contributed by atoms with van der Waals surface area (Å²) in [6.45, 7) is 4.77. The maximum Gasteiger partial charge on any atom is 0.220 e. The van der Waals surface area contributed by atoms with Gasteiger partial charge in [-0.2, -0.15) is 0 Å². The molecule has 0 aromatic rings. The molecule has 1 heterocycles. The molecule has 3 saturated carbocycles. The Labute approximate surface area is 127 Å². The first-order valence-electron chi connectivity index (χ1n) is 8.92. The molecule has 6 unspecified atom stereocenters. The van der Waals surface area contributed by atoms with Gasteiger partial charge in [-0.3, -0.25) is 4.79 Å². The van der Waals surface area contributed by atoms with Crippen LogP contribution in [-0.4, -0.2) is 23.2 Å². The first-order valence-corrected chi connectivity index (χ1v) is 8.92. The predicted octanol–water partition coefficient (Wildman–Crippen LogP) is 2.87. The Morgan fingerprint density at radius 3 is 2.57 bits per heavy atom. The SMILES string of the molecule is CC12CCC(=O)NC1CCC1C2CCC2(C)C1CC[C@@H]2O. The molecule has 21 heavy (non-hydrogen) atoms. The molecule has 2 N–H and O–H groups in total. The molecule has 1 aliphatic heterocycles. The van der Waals surface area contributed by atoms with Crippen LogP contribution in [0.15, 0.2) is 0 Å². The Hall–Kier alpha value is -0.570. The zero-order chi connectivity index (χ0) is 14.8. The molecule has 4 rings (SSSR count). The lowest BCUT2D eigenvalue weighted by Crippen LogP contribution is -2.61. The third-order valence-electron chi connectivity index (χ3n) is 8.04. The molecule has 0 aromatic heterocycles. The predicted molar refractivity (Wildman–Crippen MR) is 81.6 cm³/mol. The molecule has 3 aliphatic carbocycles. The van der Waals surface area contributed by atoms with Crippen molar-refractivity contribution in [1.29, 1.82) is 0 Å². The Kier molecular flexibility index (Phi) is 2.99. The molecular formula is C18H29NO2. The lowest BCUT2D eigenvalue weighted by molar-refractivity contribution is -0.138. The molecule has 0 bridgehead atoms. The molecular weight excluding hydrogens is 262 g/mol. The fraction of sp³-hybridized carbons (Fsp3) is 0.944. The minimum absolute atomic E-state index is 0.0833. The molecule has 3 heteroatoms. The van der Waals surface area contributed by atoms with Crippen LogP contribution in [0.5, 0.6) is 0 Å². The van der Waals surface area contributed by atoms with Crippen LogP contribution in [0.2, 0.25) is 0 Å². The molecule has 0 aromatic carbocycles. The van der Waals surface area contributed by atoms with Crippen LogP contribution >= 0.6 is 0 Å². The molecule has 118 valence electrons. The van der Waals surface area contributed by atoms with Gasteiger partial charge in [0, 0.05) is 12.5 Å². The molecule has 0 radical (unpaired) electrons. The number of amides is 1. The monoisotopic (exact) mass is 291 g/mol. The van der Waals surface area contributed by atoms with Crippen LogP contribution in [0.3, 0.4) is 0 Å². The normalized spacial score (nSPS) is 56.1. The van der Waals surface area contributed by atoms with Crippen molar-refractivity contribution in [2.75, 3.05) is 0 Å². The molecule has 3 nitrogen and oxygen atoms in total. The van der Waals surface area contributed by atoms with Crippen molar-refractivity contribution < 1.29 is 9.90 Å². The third kappa shape index (κ3) is 1.79. The second-order valence-electron chi connectivity index (χ2n) is 8.72. The molecule has 1 saturated heterocycles. The molecule has 4 aliphatic rings. The first-order chi connectivity index (χ1) is 9.95. The van der Waals surface area contributed by atoms with E-state index in [4.69, 9.17) is 0 Å². The van der Waals surface area contributed by atoms with Crippen LogP contribution in [0.1, 0.15) is 65.2 Å². The van der Waals surface area contributed by atoms with Gasteiger partial charge in [0.15, 0.2) is 0 Å². The van der Waals surface area contributed by atoms with Gasteiger partial charge in [-0.05, 0) is 73.5 Å². The maximum absolute atomic E-state index is 11.8. The third-order valence-corrected chi connectivity index (χ3v) is 8.04. The van der Waals surface area contributed by atoms with Gasteiger partial charge in [-0.1, -0.05) is 13.8 Å². The summed E-state index contributed by atoms with van der Waals surface area (Å²) in [5, 5.41) is 13.7. The van der Waals surface area contributed by atoms with Crippen LogP contribution in [0.4, 0.5) is 0 Å². The van der Waals surface area contributed by atoms with Crippen molar-refractivity contribution in [3.63, 3.8) is 0 Å². The molecule has 4 fully saturated rings. The quantitative estimate of drug-likeness (QED) is 0.721. The number of fused-ring (bicyclic) bond motifs is 5. The number of piperidine rings is 1. The highest BCUT2D eigenvalue weighted by Crippen LogP contribution is 2.63. The van der Waals surface area contributed by atoms with Gasteiger partial charge in [0.1, 0.15) is 0 Å². The van der Waals surface area contributed by atoms with E-state index in [-0.39, 0.29) is 17.4 Å². The summed E-state index contributed by atoms with van der Waals surface area (Å²) in [5.74, 6) is 2.49. The number of hydrogen-bond acceptors (Lipinski definition) is 2. The minimum Gasteiger partial charge on any atom is -0.393 e. The highest BCUT2D eigenvalue weighted by Gasteiger charge is 2.60. The van der Waals surface area contributed by atoms with E-state index < -0.39 is 0 Å². The number of carbonyl (C=O) groups is 1.